The maximum absolute atomic E-state index is 12.7. The molecule has 2 aromatic carbocycles. The normalized spacial score (nSPS) is 13.4. The van der Waals surface area contributed by atoms with Crippen molar-refractivity contribution in [3.63, 3.8) is 0 Å². The zero-order valence-corrected chi connectivity index (χ0v) is 18.3. The SMILES string of the molecule is CCOc1ccc(/C=C(/NC(=O)c2ccc(OCCC3CC3)cc2)C(=O)NCCO)cc1. The molecule has 0 atom stereocenters. The van der Waals surface area contributed by atoms with Crippen LogP contribution in [0, 0.1) is 5.92 Å². The van der Waals surface area contributed by atoms with Crippen LogP contribution in [-0.2, 0) is 4.79 Å². The average molecular weight is 439 g/mol. The Hall–Kier alpha value is -3.32. The molecule has 0 radical (unpaired) electrons. The molecule has 0 unspecified atom stereocenters. The van der Waals surface area contributed by atoms with Crippen LogP contribution in [0.1, 0.15) is 42.1 Å². The Morgan fingerprint density at radius 2 is 1.69 bits per heavy atom. The molecule has 3 N–H and O–H groups in total. The van der Waals surface area contributed by atoms with E-state index in [9.17, 15) is 9.59 Å². The lowest BCUT2D eigenvalue weighted by molar-refractivity contribution is -0.117. The molecule has 1 aliphatic rings. The molecular formula is C25H30N2O5. The summed E-state index contributed by atoms with van der Waals surface area (Å²) in [5.41, 5.74) is 1.21. The van der Waals surface area contributed by atoms with Gasteiger partial charge in [0, 0.05) is 12.1 Å². The van der Waals surface area contributed by atoms with Gasteiger partial charge >= 0.3 is 0 Å². The second-order valence-corrected chi connectivity index (χ2v) is 7.60. The van der Waals surface area contributed by atoms with E-state index >= 15 is 0 Å². The van der Waals surface area contributed by atoms with Crippen LogP contribution in [0.3, 0.4) is 0 Å². The van der Waals surface area contributed by atoms with Gasteiger partial charge in [0.25, 0.3) is 11.8 Å². The molecule has 0 aromatic heterocycles. The number of hydrogen-bond donors (Lipinski definition) is 3. The molecule has 0 bridgehead atoms. The smallest absolute Gasteiger partial charge is 0.267 e. The first-order valence-corrected chi connectivity index (χ1v) is 11.0. The number of aliphatic hydroxyl groups excluding tert-OH is 1. The summed E-state index contributed by atoms with van der Waals surface area (Å²) in [7, 11) is 0. The number of carbonyl (C=O) groups excluding carboxylic acids is 2. The van der Waals surface area contributed by atoms with Gasteiger partial charge in [-0.1, -0.05) is 25.0 Å². The fourth-order valence-corrected chi connectivity index (χ4v) is 3.06. The number of nitrogens with one attached hydrogen (secondary N) is 2. The first-order chi connectivity index (χ1) is 15.6. The minimum absolute atomic E-state index is 0.0809. The van der Waals surface area contributed by atoms with Gasteiger partial charge in [0.2, 0.25) is 0 Å². The van der Waals surface area contributed by atoms with Crippen molar-refractivity contribution in [2.75, 3.05) is 26.4 Å². The number of ether oxygens (including phenoxy) is 2. The number of rotatable bonds is 12. The second kappa shape index (κ2) is 11.9. The Labute approximate surface area is 188 Å². The predicted octanol–water partition coefficient (Wildman–Crippen LogP) is 3.14. The fraction of sp³-hybridized carbons (Fsp3) is 0.360. The molecule has 0 aliphatic heterocycles. The van der Waals surface area contributed by atoms with Crippen LogP contribution < -0.4 is 20.1 Å². The number of hydrogen-bond acceptors (Lipinski definition) is 5. The Bertz CT molecular complexity index is 918. The lowest BCUT2D eigenvalue weighted by Crippen LogP contribution is -2.36. The predicted molar refractivity (Wildman–Crippen MR) is 122 cm³/mol. The van der Waals surface area contributed by atoms with Gasteiger partial charge in [0.15, 0.2) is 0 Å². The lowest BCUT2D eigenvalue weighted by Gasteiger charge is -2.11. The summed E-state index contributed by atoms with van der Waals surface area (Å²) in [4.78, 5) is 25.3. The maximum atomic E-state index is 12.7. The molecule has 1 saturated carbocycles. The fourth-order valence-electron chi connectivity index (χ4n) is 3.06. The topological polar surface area (TPSA) is 96.9 Å². The highest BCUT2D eigenvalue weighted by atomic mass is 16.5. The molecule has 1 fully saturated rings. The van der Waals surface area contributed by atoms with Crippen molar-refractivity contribution < 1.29 is 24.2 Å². The van der Waals surface area contributed by atoms with Crippen LogP contribution in [0.5, 0.6) is 11.5 Å². The molecule has 2 amide bonds. The summed E-state index contributed by atoms with van der Waals surface area (Å²) in [6.07, 6.45) is 5.22. The van der Waals surface area contributed by atoms with Crippen LogP contribution in [0.15, 0.2) is 54.2 Å². The average Bonchev–Trinajstić information content (AvgIpc) is 3.63. The summed E-state index contributed by atoms with van der Waals surface area (Å²) < 4.78 is 11.1. The highest BCUT2D eigenvalue weighted by Crippen LogP contribution is 2.32. The summed E-state index contributed by atoms with van der Waals surface area (Å²) in [5.74, 6) is 1.34. The van der Waals surface area contributed by atoms with E-state index in [0.717, 1.165) is 23.7 Å². The highest BCUT2D eigenvalue weighted by Gasteiger charge is 2.20. The monoisotopic (exact) mass is 438 g/mol. The first kappa shape index (κ1) is 23.3. The molecule has 32 heavy (non-hydrogen) atoms. The van der Waals surface area contributed by atoms with Crippen LogP contribution in [0.25, 0.3) is 6.08 Å². The number of aliphatic hydroxyl groups is 1. The summed E-state index contributed by atoms with van der Waals surface area (Å²) in [6.45, 7) is 3.03. The maximum Gasteiger partial charge on any atom is 0.267 e. The van der Waals surface area contributed by atoms with Gasteiger partial charge in [-0.3, -0.25) is 9.59 Å². The number of benzene rings is 2. The van der Waals surface area contributed by atoms with Crippen molar-refractivity contribution in [1.29, 1.82) is 0 Å². The molecular weight excluding hydrogens is 408 g/mol. The van der Waals surface area contributed by atoms with Gasteiger partial charge in [-0.2, -0.15) is 0 Å². The van der Waals surface area contributed by atoms with Crippen molar-refractivity contribution >= 4 is 17.9 Å². The Balaban J connectivity index is 1.67. The Morgan fingerprint density at radius 3 is 2.31 bits per heavy atom. The van der Waals surface area contributed by atoms with Gasteiger partial charge in [0.1, 0.15) is 17.2 Å². The van der Waals surface area contributed by atoms with E-state index in [2.05, 4.69) is 10.6 Å². The third-order valence-corrected chi connectivity index (χ3v) is 5.00. The van der Waals surface area contributed by atoms with Gasteiger partial charge in [-0.25, -0.2) is 0 Å². The molecule has 1 aliphatic carbocycles. The van der Waals surface area contributed by atoms with Crippen LogP contribution in [0.2, 0.25) is 0 Å². The van der Waals surface area contributed by atoms with E-state index < -0.39 is 11.8 Å². The van der Waals surface area contributed by atoms with E-state index in [1.807, 2.05) is 6.92 Å². The van der Waals surface area contributed by atoms with E-state index in [4.69, 9.17) is 14.6 Å². The molecule has 3 rings (SSSR count). The molecule has 7 nitrogen and oxygen atoms in total. The van der Waals surface area contributed by atoms with E-state index in [0.29, 0.717) is 24.5 Å². The zero-order valence-electron chi connectivity index (χ0n) is 18.3. The van der Waals surface area contributed by atoms with Gasteiger partial charge < -0.3 is 25.2 Å². The molecule has 2 aromatic rings. The summed E-state index contributed by atoms with van der Waals surface area (Å²) in [6, 6.07) is 14.0. The van der Waals surface area contributed by atoms with Crippen LogP contribution >= 0.6 is 0 Å². The van der Waals surface area contributed by atoms with E-state index in [-0.39, 0.29) is 18.8 Å². The number of amides is 2. The van der Waals surface area contributed by atoms with E-state index in [1.54, 1.807) is 54.6 Å². The van der Waals surface area contributed by atoms with Crippen LogP contribution in [0.4, 0.5) is 0 Å². The van der Waals surface area contributed by atoms with Gasteiger partial charge in [0.05, 0.1) is 19.8 Å². The van der Waals surface area contributed by atoms with Crippen molar-refractivity contribution in [3.05, 3.63) is 65.4 Å². The van der Waals surface area contributed by atoms with Crippen LogP contribution in [-0.4, -0.2) is 43.3 Å². The first-order valence-electron chi connectivity index (χ1n) is 11.0. The largest absolute Gasteiger partial charge is 0.494 e. The highest BCUT2D eigenvalue weighted by molar-refractivity contribution is 6.05. The zero-order chi connectivity index (χ0) is 22.8. The van der Waals surface area contributed by atoms with Crippen molar-refractivity contribution in [3.8, 4) is 11.5 Å². The Morgan fingerprint density at radius 1 is 1.03 bits per heavy atom. The van der Waals surface area contributed by atoms with Gasteiger partial charge in [-0.05, 0) is 67.3 Å². The van der Waals surface area contributed by atoms with Crippen molar-refractivity contribution in [2.45, 2.75) is 26.2 Å². The third kappa shape index (κ3) is 7.42. The third-order valence-electron chi connectivity index (χ3n) is 5.00. The van der Waals surface area contributed by atoms with Gasteiger partial charge in [-0.15, -0.1) is 0 Å². The van der Waals surface area contributed by atoms with E-state index in [1.165, 1.54) is 12.8 Å². The second-order valence-electron chi connectivity index (χ2n) is 7.60. The van der Waals surface area contributed by atoms with Crippen molar-refractivity contribution in [2.24, 2.45) is 5.92 Å². The molecule has 0 spiro atoms. The standard InChI is InChI=1S/C25H30N2O5/c1-2-31-21-9-5-19(6-10-21)17-23(25(30)26-14-15-28)27-24(29)20-7-11-22(12-8-20)32-16-13-18-3-4-18/h5-12,17-18,28H,2-4,13-16H2,1H3,(H,26,30)(H,27,29)/b23-17+. The lowest BCUT2D eigenvalue weighted by atomic mass is 10.1. The minimum atomic E-state index is -0.485. The van der Waals surface area contributed by atoms with Crippen molar-refractivity contribution in [1.82, 2.24) is 10.6 Å². The Kier molecular flexibility index (Phi) is 8.69. The molecule has 7 heteroatoms. The summed E-state index contributed by atoms with van der Waals surface area (Å²) in [5, 5.41) is 14.2. The summed E-state index contributed by atoms with van der Waals surface area (Å²) >= 11 is 0. The molecule has 170 valence electrons. The molecule has 0 heterocycles. The number of carbonyl (C=O) groups is 2. The quantitative estimate of drug-likeness (QED) is 0.443. The molecule has 0 saturated heterocycles. The minimum Gasteiger partial charge on any atom is -0.494 e.